The number of allylic oxidation sites excluding steroid dienone is 1. The van der Waals surface area contributed by atoms with Crippen molar-refractivity contribution in [3.8, 4) is 5.75 Å². The Kier molecular flexibility index (Phi) is 6.29. The maximum atomic E-state index is 12.1. The number of hydrogen-bond donors (Lipinski definition) is 1. The minimum Gasteiger partial charge on any atom is -0.496 e. The first-order chi connectivity index (χ1) is 9.62. The summed E-state index contributed by atoms with van der Waals surface area (Å²) in [4.78, 5) is 23.5. The van der Waals surface area contributed by atoms with E-state index >= 15 is 0 Å². The molecule has 0 fully saturated rings. The van der Waals surface area contributed by atoms with Gasteiger partial charge in [-0.15, -0.1) is 0 Å². The summed E-state index contributed by atoms with van der Waals surface area (Å²) in [6, 6.07) is 6.89. The lowest BCUT2D eigenvalue weighted by molar-refractivity contribution is -0.137. The van der Waals surface area contributed by atoms with Gasteiger partial charge in [0.05, 0.1) is 19.3 Å². The van der Waals surface area contributed by atoms with Crippen LogP contribution >= 0.6 is 0 Å². The van der Waals surface area contributed by atoms with E-state index in [9.17, 15) is 9.59 Å². The fraction of sp³-hybridized carbons (Fsp3) is 0.333. The third kappa shape index (κ3) is 4.42. The summed E-state index contributed by atoms with van der Waals surface area (Å²) >= 11 is 0. The number of para-hydroxylation sites is 1. The summed E-state index contributed by atoms with van der Waals surface area (Å²) < 4.78 is 9.94. The van der Waals surface area contributed by atoms with Crippen LogP contribution in [0, 0.1) is 0 Å². The van der Waals surface area contributed by atoms with Gasteiger partial charge in [-0.2, -0.15) is 0 Å². The van der Waals surface area contributed by atoms with Crippen molar-refractivity contribution in [1.29, 1.82) is 0 Å². The van der Waals surface area contributed by atoms with Crippen LogP contribution in [0.4, 0.5) is 0 Å². The molecule has 0 saturated heterocycles. The molecule has 0 atom stereocenters. The van der Waals surface area contributed by atoms with E-state index in [1.165, 1.54) is 13.2 Å². The second-order valence-electron chi connectivity index (χ2n) is 3.93. The first-order valence-corrected chi connectivity index (χ1v) is 6.44. The van der Waals surface area contributed by atoms with Gasteiger partial charge < -0.3 is 14.8 Å². The number of carbonyl (C=O) groups excluding carboxylic acids is 2. The smallest absolute Gasteiger partial charge is 0.332 e. The van der Waals surface area contributed by atoms with E-state index in [1.54, 1.807) is 31.2 Å². The fourth-order valence-corrected chi connectivity index (χ4v) is 1.60. The Hall–Kier alpha value is -2.30. The number of carbonyl (C=O) groups is 2. The molecule has 5 nitrogen and oxygen atoms in total. The van der Waals surface area contributed by atoms with Crippen LogP contribution in [-0.4, -0.2) is 25.6 Å². The van der Waals surface area contributed by atoms with Crippen molar-refractivity contribution < 1.29 is 19.1 Å². The number of amides is 1. The van der Waals surface area contributed by atoms with Crippen molar-refractivity contribution in [2.45, 2.75) is 20.3 Å². The van der Waals surface area contributed by atoms with Crippen molar-refractivity contribution in [2.24, 2.45) is 0 Å². The van der Waals surface area contributed by atoms with Crippen LogP contribution in [0.5, 0.6) is 5.75 Å². The second-order valence-corrected chi connectivity index (χ2v) is 3.93. The minimum absolute atomic E-state index is 0.298. The van der Waals surface area contributed by atoms with Gasteiger partial charge in [0.15, 0.2) is 0 Å². The zero-order valence-electron chi connectivity index (χ0n) is 11.9. The molecule has 1 N–H and O–H groups in total. The van der Waals surface area contributed by atoms with Crippen LogP contribution in [0.1, 0.15) is 30.6 Å². The maximum absolute atomic E-state index is 12.1. The number of nitrogens with one attached hydrogen (secondary N) is 1. The molecular weight excluding hydrogens is 258 g/mol. The molecular formula is C15H19NO4. The molecule has 1 aromatic rings. The summed E-state index contributed by atoms with van der Waals surface area (Å²) in [5, 5.41) is 2.69. The van der Waals surface area contributed by atoms with Crippen molar-refractivity contribution in [3.63, 3.8) is 0 Å². The Morgan fingerprint density at radius 2 is 1.95 bits per heavy atom. The predicted molar refractivity (Wildman–Crippen MR) is 75.5 cm³/mol. The number of esters is 1. The van der Waals surface area contributed by atoms with E-state index in [-0.39, 0.29) is 5.91 Å². The van der Waals surface area contributed by atoms with Crippen molar-refractivity contribution in [1.82, 2.24) is 5.32 Å². The Balaban J connectivity index is 2.84. The molecule has 0 aliphatic rings. The van der Waals surface area contributed by atoms with Gasteiger partial charge in [0.1, 0.15) is 5.75 Å². The van der Waals surface area contributed by atoms with Crippen LogP contribution in [0.25, 0.3) is 0 Å². The molecule has 108 valence electrons. The zero-order chi connectivity index (χ0) is 15.0. The minimum atomic E-state index is -0.468. The first kappa shape index (κ1) is 15.8. The number of methoxy groups -OCH3 is 1. The van der Waals surface area contributed by atoms with Crippen LogP contribution in [-0.2, 0) is 9.53 Å². The Labute approximate surface area is 118 Å². The van der Waals surface area contributed by atoms with Gasteiger partial charge in [-0.3, -0.25) is 4.79 Å². The summed E-state index contributed by atoms with van der Waals surface area (Å²) in [5.41, 5.74) is 0.914. The Morgan fingerprint density at radius 1 is 1.25 bits per heavy atom. The average molecular weight is 277 g/mol. The van der Waals surface area contributed by atoms with Crippen LogP contribution in [0.15, 0.2) is 36.0 Å². The molecule has 0 unspecified atom stereocenters. The lowest BCUT2D eigenvalue weighted by Gasteiger charge is -2.10. The van der Waals surface area contributed by atoms with E-state index in [1.807, 2.05) is 6.92 Å². The van der Waals surface area contributed by atoms with Gasteiger partial charge in [-0.05, 0) is 25.5 Å². The zero-order valence-corrected chi connectivity index (χ0v) is 11.9. The highest BCUT2D eigenvalue weighted by Crippen LogP contribution is 2.17. The first-order valence-electron chi connectivity index (χ1n) is 6.44. The molecule has 0 heterocycles. The molecule has 1 aromatic carbocycles. The summed E-state index contributed by atoms with van der Waals surface area (Å²) in [6.07, 6.45) is 1.80. The Morgan fingerprint density at radius 3 is 2.55 bits per heavy atom. The molecule has 0 saturated carbocycles. The van der Waals surface area contributed by atoms with Crippen LogP contribution < -0.4 is 10.1 Å². The molecule has 1 amide bonds. The van der Waals surface area contributed by atoms with E-state index in [4.69, 9.17) is 9.47 Å². The molecule has 0 radical (unpaired) electrons. The average Bonchev–Trinajstić information content (AvgIpc) is 2.46. The lowest BCUT2D eigenvalue weighted by atomic mass is 10.2. The highest BCUT2D eigenvalue weighted by molar-refractivity contribution is 5.98. The molecule has 0 aromatic heterocycles. The van der Waals surface area contributed by atoms with Crippen molar-refractivity contribution in [2.75, 3.05) is 13.7 Å². The van der Waals surface area contributed by atoms with Gasteiger partial charge in [-0.25, -0.2) is 4.79 Å². The summed E-state index contributed by atoms with van der Waals surface area (Å²) in [5.74, 6) is -0.305. The van der Waals surface area contributed by atoms with Gasteiger partial charge >= 0.3 is 5.97 Å². The summed E-state index contributed by atoms with van der Waals surface area (Å²) in [6.45, 7) is 3.87. The molecule has 0 aliphatic heterocycles. The standard InChI is InChI=1S/C15H19NO4/c1-4-11(10-14(17)20-5-2)16-15(18)12-8-6-7-9-13(12)19-3/h6-10H,4-5H2,1-3H3,(H,16,18). The van der Waals surface area contributed by atoms with E-state index in [0.29, 0.717) is 30.0 Å². The number of ether oxygens (including phenoxy) is 2. The van der Waals surface area contributed by atoms with Gasteiger partial charge in [0.2, 0.25) is 0 Å². The van der Waals surface area contributed by atoms with Crippen molar-refractivity contribution in [3.05, 3.63) is 41.6 Å². The maximum Gasteiger partial charge on any atom is 0.332 e. The fourth-order valence-electron chi connectivity index (χ4n) is 1.60. The van der Waals surface area contributed by atoms with Gasteiger partial charge in [0.25, 0.3) is 5.91 Å². The molecule has 0 bridgehead atoms. The highest BCUT2D eigenvalue weighted by atomic mass is 16.5. The van der Waals surface area contributed by atoms with Gasteiger partial charge in [0, 0.05) is 11.8 Å². The second kappa shape index (κ2) is 7.99. The lowest BCUT2D eigenvalue weighted by Crippen LogP contribution is -2.24. The Bertz CT molecular complexity index is 508. The SMILES string of the molecule is CCOC(=O)C=C(CC)NC(=O)c1ccccc1OC. The third-order valence-corrected chi connectivity index (χ3v) is 2.59. The van der Waals surface area contributed by atoms with E-state index in [2.05, 4.69) is 5.32 Å². The quantitative estimate of drug-likeness (QED) is 0.640. The number of rotatable bonds is 6. The van der Waals surface area contributed by atoms with Crippen LogP contribution in [0.2, 0.25) is 0 Å². The van der Waals surface area contributed by atoms with E-state index in [0.717, 1.165) is 0 Å². The number of benzene rings is 1. The van der Waals surface area contributed by atoms with Gasteiger partial charge in [-0.1, -0.05) is 19.1 Å². The highest BCUT2D eigenvalue weighted by Gasteiger charge is 2.12. The topological polar surface area (TPSA) is 64.6 Å². The summed E-state index contributed by atoms with van der Waals surface area (Å²) in [7, 11) is 1.50. The largest absolute Gasteiger partial charge is 0.496 e. The monoisotopic (exact) mass is 277 g/mol. The molecule has 1 rings (SSSR count). The normalized spacial score (nSPS) is 10.8. The number of hydrogen-bond acceptors (Lipinski definition) is 4. The molecule has 5 heteroatoms. The molecule has 0 spiro atoms. The predicted octanol–water partition coefficient (Wildman–Crippen LogP) is 2.28. The van der Waals surface area contributed by atoms with Crippen molar-refractivity contribution >= 4 is 11.9 Å². The molecule has 20 heavy (non-hydrogen) atoms. The van der Waals surface area contributed by atoms with Crippen LogP contribution in [0.3, 0.4) is 0 Å². The van der Waals surface area contributed by atoms with E-state index < -0.39 is 5.97 Å². The third-order valence-electron chi connectivity index (χ3n) is 2.59. The molecule has 0 aliphatic carbocycles.